The van der Waals surface area contributed by atoms with E-state index >= 15 is 0 Å². The zero-order valence-corrected chi connectivity index (χ0v) is 12.4. The van der Waals surface area contributed by atoms with Gasteiger partial charge in [-0.1, -0.05) is 6.92 Å². The normalized spacial score (nSPS) is 11.6. The number of anilines is 1. The Morgan fingerprint density at radius 3 is 2.56 bits per heavy atom. The fraction of sp³-hybridized carbons (Fsp3) is 0.600. The zero-order chi connectivity index (χ0) is 13.8. The number of hydrogen-bond acceptors (Lipinski definition) is 7. The minimum atomic E-state index is -2.94. The highest BCUT2D eigenvalue weighted by atomic mass is 32.2. The van der Waals surface area contributed by atoms with Crippen LogP contribution in [0.5, 0.6) is 0 Å². The van der Waals surface area contributed by atoms with Gasteiger partial charge in [-0.05, 0) is 6.92 Å². The highest BCUT2D eigenvalue weighted by molar-refractivity contribution is 8.00. The van der Waals surface area contributed by atoms with Crippen molar-refractivity contribution in [2.45, 2.75) is 25.3 Å². The van der Waals surface area contributed by atoms with Crippen LogP contribution in [-0.4, -0.2) is 36.1 Å². The van der Waals surface area contributed by atoms with E-state index in [0.29, 0.717) is 23.8 Å². The Bertz CT molecular complexity index is 517. The number of sulfone groups is 1. The van der Waals surface area contributed by atoms with Crippen molar-refractivity contribution in [3.63, 3.8) is 0 Å². The van der Waals surface area contributed by atoms with E-state index in [1.807, 2.05) is 13.8 Å². The van der Waals surface area contributed by atoms with E-state index in [2.05, 4.69) is 15.4 Å². The molecule has 0 radical (unpaired) electrons. The standard InChI is InChI=1S/C10H18N4O2S2/c1-4-8-12-9(14-11)7(2)10(13-8)17-5-6-18(3,15)16/h4-6,11H2,1-3H3,(H,12,13,14). The van der Waals surface area contributed by atoms with E-state index in [1.165, 1.54) is 18.0 Å². The Morgan fingerprint density at radius 2 is 2.06 bits per heavy atom. The molecule has 1 aromatic rings. The maximum atomic E-state index is 11.1. The van der Waals surface area contributed by atoms with Crippen LogP contribution in [0, 0.1) is 6.92 Å². The van der Waals surface area contributed by atoms with Gasteiger partial charge in [-0.15, -0.1) is 11.8 Å². The Balaban J connectivity index is 2.87. The van der Waals surface area contributed by atoms with Crippen molar-refractivity contribution in [3.05, 3.63) is 11.4 Å². The smallest absolute Gasteiger partial charge is 0.148 e. The molecule has 0 bridgehead atoms. The summed E-state index contributed by atoms with van der Waals surface area (Å²) in [4.78, 5) is 8.63. The first-order chi connectivity index (χ1) is 8.37. The molecule has 0 spiro atoms. The molecule has 0 aliphatic carbocycles. The predicted octanol–water partition coefficient (Wildman–Crippen LogP) is 0.770. The summed E-state index contributed by atoms with van der Waals surface area (Å²) in [6, 6.07) is 0. The number of nitrogens with zero attached hydrogens (tertiary/aromatic N) is 2. The van der Waals surface area contributed by atoms with Gasteiger partial charge in [0.25, 0.3) is 0 Å². The molecular weight excluding hydrogens is 272 g/mol. The van der Waals surface area contributed by atoms with Crippen molar-refractivity contribution in [1.29, 1.82) is 0 Å². The van der Waals surface area contributed by atoms with E-state index in [1.54, 1.807) is 0 Å². The Hall–Kier alpha value is -0.860. The average molecular weight is 290 g/mol. The van der Waals surface area contributed by atoms with Crippen LogP contribution < -0.4 is 11.3 Å². The van der Waals surface area contributed by atoms with Gasteiger partial charge >= 0.3 is 0 Å². The third-order valence-corrected chi connectivity index (χ3v) is 4.58. The molecule has 8 heteroatoms. The molecule has 1 aromatic heterocycles. The average Bonchev–Trinajstić information content (AvgIpc) is 2.29. The van der Waals surface area contributed by atoms with Gasteiger partial charge in [0.2, 0.25) is 0 Å². The van der Waals surface area contributed by atoms with Crippen LogP contribution in [0.25, 0.3) is 0 Å². The fourth-order valence-electron chi connectivity index (χ4n) is 1.27. The lowest BCUT2D eigenvalue weighted by Crippen LogP contribution is -2.13. The first-order valence-corrected chi connectivity index (χ1v) is 8.56. The first-order valence-electron chi connectivity index (χ1n) is 5.52. The molecule has 0 saturated carbocycles. The Labute approximate surface area is 112 Å². The molecular formula is C10H18N4O2S2. The maximum absolute atomic E-state index is 11.1. The Morgan fingerprint density at radius 1 is 1.39 bits per heavy atom. The van der Waals surface area contributed by atoms with Crippen LogP contribution in [0.2, 0.25) is 0 Å². The van der Waals surface area contributed by atoms with Crippen molar-refractivity contribution < 1.29 is 8.42 Å². The second-order valence-electron chi connectivity index (χ2n) is 3.89. The molecule has 18 heavy (non-hydrogen) atoms. The second-order valence-corrected chi connectivity index (χ2v) is 7.24. The number of rotatable bonds is 6. The summed E-state index contributed by atoms with van der Waals surface area (Å²) in [5.74, 6) is 7.28. The largest absolute Gasteiger partial charge is 0.308 e. The summed E-state index contributed by atoms with van der Waals surface area (Å²) < 4.78 is 22.1. The van der Waals surface area contributed by atoms with Gasteiger partial charge in [0.05, 0.1) is 5.75 Å². The van der Waals surface area contributed by atoms with Crippen LogP contribution in [0.4, 0.5) is 5.82 Å². The molecule has 0 aromatic carbocycles. The molecule has 0 fully saturated rings. The highest BCUT2D eigenvalue weighted by Crippen LogP contribution is 2.24. The number of aromatic nitrogens is 2. The summed E-state index contributed by atoms with van der Waals surface area (Å²) in [7, 11) is -2.94. The van der Waals surface area contributed by atoms with Gasteiger partial charge < -0.3 is 5.43 Å². The van der Waals surface area contributed by atoms with E-state index in [-0.39, 0.29) is 5.75 Å². The van der Waals surface area contributed by atoms with Crippen LogP contribution >= 0.6 is 11.8 Å². The summed E-state index contributed by atoms with van der Waals surface area (Å²) in [5.41, 5.74) is 3.38. The van der Waals surface area contributed by atoms with Gasteiger partial charge in [-0.25, -0.2) is 24.2 Å². The van der Waals surface area contributed by atoms with E-state index in [4.69, 9.17) is 5.84 Å². The molecule has 0 aliphatic rings. The summed E-state index contributed by atoms with van der Waals surface area (Å²) >= 11 is 1.41. The zero-order valence-electron chi connectivity index (χ0n) is 10.7. The van der Waals surface area contributed by atoms with E-state index in [9.17, 15) is 8.42 Å². The van der Waals surface area contributed by atoms with Gasteiger partial charge in [0, 0.05) is 24.0 Å². The monoisotopic (exact) mass is 290 g/mol. The van der Waals surface area contributed by atoms with E-state index < -0.39 is 9.84 Å². The third kappa shape index (κ3) is 4.43. The topological polar surface area (TPSA) is 98.0 Å². The Kier molecular flexibility index (Phi) is 5.36. The maximum Gasteiger partial charge on any atom is 0.148 e. The molecule has 3 N–H and O–H groups in total. The van der Waals surface area contributed by atoms with Crippen molar-refractivity contribution in [1.82, 2.24) is 9.97 Å². The molecule has 102 valence electrons. The highest BCUT2D eigenvalue weighted by Gasteiger charge is 2.11. The number of thioether (sulfide) groups is 1. The minimum absolute atomic E-state index is 0.133. The lowest BCUT2D eigenvalue weighted by molar-refractivity contribution is 0.603. The summed E-state index contributed by atoms with van der Waals surface area (Å²) in [6.45, 7) is 3.81. The van der Waals surface area contributed by atoms with Gasteiger partial charge in [0.1, 0.15) is 26.5 Å². The first kappa shape index (κ1) is 15.2. The SMILES string of the molecule is CCc1nc(NN)c(C)c(SCCS(C)(=O)=O)n1. The molecule has 1 heterocycles. The van der Waals surface area contributed by atoms with Crippen molar-refractivity contribution in [2.24, 2.45) is 5.84 Å². The van der Waals surface area contributed by atoms with Crippen molar-refractivity contribution in [2.75, 3.05) is 23.2 Å². The van der Waals surface area contributed by atoms with Crippen LogP contribution in [0.15, 0.2) is 5.03 Å². The molecule has 0 saturated heterocycles. The summed E-state index contributed by atoms with van der Waals surface area (Å²) in [6.07, 6.45) is 1.93. The van der Waals surface area contributed by atoms with Crippen LogP contribution in [-0.2, 0) is 16.3 Å². The predicted molar refractivity (Wildman–Crippen MR) is 74.4 cm³/mol. The molecule has 6 nitrogen and oxygen atoms in total. The van der Waals surface area contributed by atoms with Crippen LogP contribution in [0.3, 0.4) is 0 Å². The number of nitrogens with one attached hydrogen (secondary N) is 1. The van der Waals surface area contributed by atoms with Crippen LogP contribution in [0.1, 0.15) is 18.3 Å². The van der Waals surface area contributed by atoms with E-state index in [0.717, 1.165) is 10.6 Å². The third-order valence-electron chi connectivity index (χ3n) is 2.29. The molecule has 0 aliphatic heterocycles. The number of nitrogens with two attached hydrogens (primary N) is 1. The number of hydrogen-bond donors (Lipinski definition) is 2. The van der Waals surface area contributed by atoms with Crippen molar-refractivity contribution >= 4 is 27.4 Å². The number of nitrogen functional groups attached to an aromatic ring is 1. The second kappa shape index (κ2) is 6.35. The lowest BCUT2D eigenvalue weighted by Gasteiger charge is -2.10. The van der Waals surface area contributed by atoms with Gasteiger partial charge in [-0.2, -0.15) is 0 Å². The molecule has 0 amide bonds. The quantitative estimate of drug-likeness (QED) is 0.345. The molecule has 0 atom stereocenters. The summed E-state index contributed by atoms with van der Waals surface area (Å²) in [5, 5.41) is 0.776. The number of aryl methyl sites for hydroxylation is 1. The van der Waals surface area contributed by atoms with Gasteiger partial charge in [0.15, 0.2) is 0 Å². The molecule has 1 rings (SSSR count). The van der Waals surface area contributed by atoms with Crippen molar-refractivity contribution in [3.8, 4) is 0 Å². The lowest BCUT2D eigenvalue weighted by atomic mass is 10.3. The fourth-order valence-corrected chi connectivity index (χ4v) is 3.49. The molecule has 0 unspecified atom stereocenters. The number of hydrazine groups is 1. The minimum Gasteiger partial charge on any atom is -0.308 e. The van der Waals surface area contributed by atoms with Gasteiger partial charge in [-0.3, -0.25) is 0 Å².